The zero-order valence-electron chi connectivity index (χ0n) is 11.4. The standard InChI is InChI=1S/C16H15F2NO2/c1-11(19-15(20)13-5-3-2-4-6-13)12-7-9-14(10-8-12)21-16(17)18/h2-11,16H,1H3,(H,19,20)/t11-/m1/s1. The van der Waals surface area contributed by atoms with Crippen LogP contribution in [0.1, 0.15) is 28.9 Å². The van der Waals surface area contributed by atoms with E-state index in [0.29, 0.717) is 5.56 Å². The Hall–Kier alpha value is -2.43. The van der Waals surface area contributed by atoms with Gasteiger partial charge in [-0.05, 0) is 36.8 Å². The van der Waals surface area contributed by atoms with E-state index < -0.39 is 6.61 Å². The predicted octanol–water partition coefficient (Wildman–Crippen LogP) is 3.78. The normalized spacial score (nSPS) is 12.0. The SMILES string of the molecule is C[C@@H](NC(=O)c1ccccc1)c1ccc(OC(F)F)cc1. The topological polar surface area (TPSA) is 38.3 Å². The predicted molar refractivity (Wildman–Crippen MR) is 75.4 cm³/mol. The van der Waals surface area contributed by atoms with Crippen molar-refractivity contribution in [2.45, 2.75) is 19.6 Å². The van der Waals surface area contributed by atoms with Gasteiger partial charge < -0.3 is 10.1 Å². The molecular formula is C16H15F2NO2. The average Bonchev–Trinajstić information content (AvgIpc) is 2.48. The zero-order valence-corrected chi connectivity index (χ0v) is 11.4. The molecule has 5 heteroatoms. The zero-order chi connectivity index (χ0) is 15.2. The Balaban J connectivity index is 2.00. The third kappa shape index (κ3) is 4.27. The molecule has 1 N–H and O–H groups in total. The van der Waals surface area contributed by atoms with Crippen molar-refractivity contribution in [1.29, 1.82) is 0 Å². The number of nitrogens with one attached hydrogen (secondary N) is 1. The summed E-state index contributed by atoms with van der Waals surface area (Å²) in [5, 5.41) is 2.84. The van der Waals surface area contributed by atoms with Crippen molar-refractivity contribution in [3.63, 3.8) is 0 Å². The van der Waals surface area contributed by atoms with E-state index in [1.54, 1.807) is 36.4 Å². The summed E-state index contributed by atoms with van der Waals surface area (Å²) < 4.78 is 28.4. The first-order valence-electron chi connectivity index (χ1n) is 6.47. The maximum Gasteiger partial charge on any atom is 0.387 e. The lowest BCUT2D eigenvalue weighted by Crippen LogP contribution is -2.26. The lowest BCUT2D eigenvalue weighted by atomic mass is 10.1. The maximum atomic E-state index is 12.1. The van der Waals surface area contributed by atoms with Crippen molar-refractivity contribution in [3.05, 3.63) is 65.7 Å². The Kier molecular flexibility index (Phi) is 4.87. The number of alkyl halides is 2. The van der Waals surface area contributed by atoms with Crippen LogP contribution in [0.3, 0.4) is 0 Å². The Morgan fingerprint density at radius 1 is 1.05 bits per heavy atom. The van der Waals surface area contributed by atoms with Crippen LogP contribution in [0.4, 0.5) is 8.78 Å². The number of benzene rings is 2. The van der Waals surface area contributed by atoms with Gasteiger partial charge in [0.25, 0.3) is 5.91 Å². The highest BCUT2D eigenvalue weighted by Crippen LogP contribution is 2.19. The molecule has 2 aromatic rings. The van der Waals surface area contributed by atoms with Gasteiger partial charge >= 0.3 is 6.61 Å². The van der Waals surface area contributed by atoms with Crippen LogP contribution >= 0.6 is 0 Å². The molecule has 0 radical (unpaired) electrons. The second-order valence-electron chi connectivity index (χ2n) is 4.51. The van der Waals surface area contributed by atoms with Gasteiger partial charge in [0.15, 0.2) is 0 Å². The van der Waals surface area contributed by atoms with Crippen molar-refractivity contribution in [2.24, 2.45) is 0 Å². The number of halogens is 2. The lowest BCUT2D eigenvalue weighted by Gasteiger charge is -2.15. The average molecular weight is 291 g/mol. The number of hydrogen-bond acceptors (Lipinski definition) is 2. The summed E-state index contributed by atoms with van der Waals surface area (Å²) in [7, 11) is 0. The van der Waals surface area contributed by atoms with Crippen LogP contribution in [0, 0.1) is 0 Å². The van der Waals surface area contributed by atoms with Gasteiger partial charge in [0.05, 0.1) is 6.04 Å². The molecule has 0 unspecified atom stereocenters. The molecule has 0 aliphatic carbocycles. The van der Waals surface area contributed by atoms with E-state index in [0.717, 1.165) is 5.56 Å². The van der Waals surface area contributed by atoms with Crippen molar-refractivity contribution in [3.8, 4) is 5.75 Å². The third-order valence-corrected chi connectivity index (χ3v) is 2.99. The quantitative estimate of drug-likeness (QED) is 0.910. The van der Waals surface area contributed by atoms with Crippen LogP contribution in [0.15, 0.2) is 54.6 Å². The van der Waals surface area contributed by atoms with E-state index in [4.69, 9.17) is 0 Å². The van der Waals surface area contributed by atoms with Gasteiger partial charge in [0.1, 0.15) is 5.75 Å². The molecule has 0 fully saturated rings. The molecule has 0 aliphatic rings. The monoisotopic (exact) mass is 291 g/mol. The van der Waals surface area contributed by atoms with Crippen LogP contribution in [0.25, 0.3) is 0 Å². The molecular weight excluding hydrogens is 276 g/mol. The van der Waals surface area contributed by atoms with Crippen molar-refractivity contribution in [1.82, 2.24) is 5.32 Å². The Bertz CT molecular complexity index is 585. The fourth-order valence-electron chi connectivity index (χ4n) is 1.89. The summed E-state index contributed by atoms with van der Waals surface area (Å²) in [4.78, 5) is 12.0. The molecule has 2 aromatic carbocycles. The molecule has 1 amide bonds. The molecule has 0 bridgehead atoms. The summed E-state index contributed by atoms with van der Waals surface area (Å²) in [5.74, 6) is -0.0913. The minimum Gasteiger partial charge on any atom is -0.435 e. The first-order chi connectivity index (χ1) is 10.1. The molecule has 1 atom stereocenters. The van der Waals surface area contributed by atoms with Gasteiger partial charge in [0, 0.05) is 5.56 Å². The van der Waals surface area contributed by atoms with Crippen molar-refractivity contribution >= 4 is 5.91 Å². The van der Waals surface area contributed by atoms with E-state index in [-0.39, 0.29) is 17.7 Å². The van der Waals surface area contributed by atoms with Gasteiger partial charge in [-0.3, -0.25) is 4.79 Å². The minimum atomic E-state index is -2.84. The van der Waals surface area contributed by atoms with Gasteiger partial charge in [-0.25, -0.2) is 0 Å². The van der Waals surface area contributed by atoms with Crippen LogP contribution in [0.2, 0.25) is 0 Å². The van der Waals surface area contributed by atoms with Gasteiger partial charge in [-0.15, -0.1) is 0 Å². The second-order valence-corrected chi connectivity index (χ2v) is 4.51. The second kappa shape index (κ2) is 6.83. The van der Waals surface area contributed by atoms with E-state index in [1.165, 1.54) is 12.1 Å². The molecule has 0 saturated heterocycles. The summed E-state index contributed by atoms with van der Waals surface area (Å²) in [6, 6.07) is 14.8. The van der Waals surface area contributed by atoms with E-state index in [9.17, 15) is 13.6 Å². The van der Waals surface area contributed by atoms with Crippen LogP contribution in [0.5, 0.6) is 5.75 Å². The molecule has 0 spiro atoms. The van der Waals surface area contributed by atoms with Gasteiger partial charge in [-0.2, -0.15) is 8.78 Å². The maximum absolute atomic E-state index is 12.1. The molecule has 0 heterocycles. The van der Waals surface area contributed by atoms with Crippen LogP contribution in [-0.4, -0.2) is 12.5 Å². The number of rotatable bonds is 5. The van der Waals surface area contributed by atoms with E-state index >= 15 is 0 Å². The molecule has 0 aliphatic heterocycles. The molecule has 21 heavy (non-hydrogen) atoms. The van der Waals surface area contributed by atoms with Crippen molar-refractivity contribution in [2.75, 3.05) is 0 Å². The fourth-order valence-corrected chi connectivity index (χ4v) is 1.89. The highest BCUT2D eigenvalue weighted by Gasteiger charge is 2.11. The van der Waals surface area contributed by atoms with Gasteiger partial charge in [0.2, 0.25) is 0 Å². The highest BCUT2D eigenvalue weighted by molar-refractivity contribution is 5.94. The molecule has 0 aromatic heterocycles. The minimum absolute atomic E-state index is 0.0929. The molecule has 110 valence electrons. The number of ether oxygens (including phenoxy) is 1. The first kappa shape index (κ1) is 15.0. The Labute approximate surface area is 121 Å². The summed E-state index contributed by atoms with van der Waals surface area (Å²) in [6.07, 6.45) is 0. The number of carbonyl (C=O) groups is 1. The third-order valence-electron chi connectivity index (χ3n) is 2.99. The lowest BCUT2D eigenvalue weighted by molar-refractivity contribution is -0.0498. The Morgan fingerprint density at radius 2 is 1.67 bits per heavy atom. The highest BCUT2D eigenvalue weighted by atomic mass is 19.3. The van der Waals surface area contributed by atoms with Gasteiger partial charge in [-0.1, -0.05) is 30.3 Å². The molecule has 3 nitrogen and oxygen atoms in total. The summed E-state index contributed by atoms with van der Waals surface area (Å²) in [6.45, 7) is -1.02. The smallest absolute Gasteiger partial charge is 0.387 e. The number of amides is 1. The number of carbonyl (C=O) groups excluding carboxylic acids is 1. The summed E-state index contributed by atoms with van der Waals surface area (Å²) in [5.41, 5.74) is 1.38. The largest absolute Gasteiger partial charge is 0.435 e. The van der Waals surface area contributed by atoms with Crippen molar-refractivity contribution < 1.29 is 18.3 Å². The molecule has 0 saturated carbocycles. The number of hydrogen-bond donors (Lipinski definition) is 1. The fraction of sp³-hybridized carbons (Fsp3) is 0.188. The first-order valence-corrected chi connectivity index (χ1v) is 6.47. The molecule has 2 rings (SSSR count). The van der Waals surface area contributed by atoms with E-state index in [2.05, 4.69) is 10.1 Å². The Morgan fingerprint density at radius 3 is 2.24 bits per heavy atom. The van der Waals surface area contributed by atoms with E-state index in [1.807, 2.05) is 13.0 Å². The van der Waals surface area contributed by atoms with Crippen LogP contribution in [-0.2, 0) is 0 Å². The van der Waals surface area contributed by atoms with Crippen LogP contribution < -0.4 is 10.1 Å². The summed E-state index contributed by atoms with van der Waals surface area (Å²) >= 11 is 0.